The molecule has 1 heterocycles. The van der Waals surface area contributed by atoms with E-state index in [0.717, 1.165) is 23.4 Å². The SMILES string of the molecule is C=CC(=O)Nc1ccc(Nc2ccc([C@H](C)Nc3nccc(N(C(C)=O)[C@H](CC)C(C)C)n3)cc2)cc1. The molecule has 8 heteroatoms. The van der Waals surface area contributed by atoms with Crippen molar-refractivity contribution in [2.24, 2.45) is 5.92 Å². The molecule has 1 aromatic heterocycles. The third kappa shape index (κ3) is 7.39. The number of benzene rings is 2. The Morgan fingerprint density at radius 3 is 2.11 bits per heavy atom. The molecule has 0 bridgehead atoms. The normalized spacial score (nSPS) is 12.4. The third-order valence-electron chi connectivity index (χ3n) is 6.13. The van der Waals surface area contributed by atoms with Crippen LogP contribution in [0.25, 0.3) is 0 Å². The van der Waals surface area contributed by atoms with Gasteiger partial charge in [0.25, 0.3) is 0 Å². The zero-order valence-corrected chi connectivity index (χ0v) is 22.2. The van der Waals surface area contributed by atoms with E-state index in [2.05, 4.69) is 53.3 Å². The van der Waals surface area contributed by atoms with Gasteiger partial charge in [-0.05, 0) is 73.4 Å². The van der Waals surface area contributed by atoms with Crippen LogP contribution in [-0.4, -0.2) is 27.8 Å². The van der Waals surface area contributed by atoms with Crippen molar-refractivity contribution >= 4 is 40.6 Å². The van der Waals surface area contributed by atoms with Gasteiger partial charge >= 0.3 is 0 Å². The van der Waals surface area contributed by atoms with Crippen LogP contribution in [0.1, 0.15) is 52.6 Å². The second-order valence-corrected chi connectivity index (χ2v) is 9.23. The first-order chi connectivity index (χ1) is 17.7. The number of nitrogens with one attached hydrogen (secondary N) is 3. The van der Waals surface area contributed by atoms with E-state index < -0.39 is 0 Å². The molecule has 0 unspecified atom stereocenters. The summed E-state index contributed by atoms with van der Waals surface area (Å²) in [6.07, 6.45) is 3.76. The summed E-state index contributed by atoms with van der Waals surface area (Å²) in [7, 11) is 0. The Hall–Kier alpha value is -4.20. The average molecular weight is 501 g/mol. The minimum Gasteiger partial charge on any atom is -0.356 e. The Labute approximate surface area is 219 Å². The molecule has 3 rings (SSSR count). The molecule has 3 N–H and O–H groups in total. The van der Waals surface area contributed by atoms with Gasteiger partial charge in [-0.15, -0.1) is 0 Å². The summed E-state index contributed by atoms with van der Waals surface area (Å²) in [6.45, 7) is 13.4. The lowest BCUT2D eigenvalue weighted by Crippen LogP contribution is -2.42. The third-order valence-corrected chi connectivity index (χ3v) is 6.13. The number of carbonyl (C=O) groups is 2. The lowest BCUT2D eigenvalue weighted by atomic mass is 10.00. The number of amides is 2. The molecule has 0 saturated carbocycles. The van der Waals surface area contributed by atoms with Crippen LogP contribution in [0.4, 0.5) is 28.8 Å². The summed E-state index contributed by atoms with van der Waals surface area (Å²) in [5, 5.41) is 9.44. The Bertz CT molecular complexity index is 1210. The molecule has 194 valence electrons. The van der Waals surface area contributed by atoms with Gasteiger partial charge in [-0.2, -0.15) is 4.98 Å². The Kier molecular flexibility index (Phi) is 9.38. The van der Waals surface area contributed by atoms with E-state index in [1.165, 1.54) is 6.08 Å². The van der Waals surface area contributed by atoms with Gasteiger partial charge in [0.1, 0.15) is 5.82 Å². The highest BCUT2D eigenvalue weighted by Crippen LogP contribution is 2.25. The van der Waals surface area contributed by atoms with Crippen molar-refractivity contribution in [1.29, 1.82) is 0 Å². The van der Waals surface area contributed by atoms with Crippen molar-refractivity contribution < 1.29 is 9.59 Å². The largest absolute Gasteiger partial charge is 0.356 e. The van der Waals surface area contributed by atoms with Crippen LogP contribution >= 0.6 is 0 Å². The number of nitrogens with zero attached hydrogens (tertiary/aromatic N) is 3. The smallest absolute Gasteiger partial charge is 0.247 e. The van der Waals surface area contributed by atoms with Crippen LogP contribution < -0.4 is 20.9 Å². The zero-order valence-electron chi connectivity index (χ0n) is 22.2. The fraction of sp³-hybridized carbons (Fsp3) is 0.310. The topological polar surface area (TPSA) is 99.3 Å². The zero-order chi connectivity index (χ0) is 26.9. The van der Waals surface area contributed by atoms with E-state index in [-0.39, 0.29) is 23.9 Å². The van der Waals surface area contributed by atoms with E-state index in [9.17, 15) is 9.59 Å². The molecule has 0 aliphatic heterocycles. The lowest BCUT2D eigenvalue weighted by Gasteiger charge is -2.32. The van der Waals surface area contributed by atoms with E-state index in [0.29, 0.717) is 23.4 Å². The van der Waals surface area contributed by atoms with Gasteiger partial charge in [0.2, 0.25) is 17.8 Å². The van der Waals surface area contributed by atoms with Gasteiger partial charge in [-0.25, -0.2) is 4.98 Å². The summed E-state index contributed by atoms with van der Waals surface area (Å²) in [6, 6.07) is 17.3. The standard InChI is InChI=1S/C29H36N6O2/c1-7-26(19(3)4)35(21(6)36)27-17-18-30-29(34-27)31-20(5)22-9-11-23(12-10-22)32-24-13-15-25(16-14-24)33-28(37)8-2/h8-20,26,32H,2,7H2,1,3-6H3,(H,33,37)(H,30,31,34)/t20-,26+/m0/s1. The van der Waals surface area contributed by atoms with Gasteiger partial charge < -0.3 is 16.0 Å². The van der Waals surface area contributed by atoms with Crippen LogP contribution in [-0.2, 0) is 9.59 Å². The van der Waals surface area contributed by atoms with E-state index in [4.69, 9.17) is 0 Å². The molecule has 0 spiro atoms. The van der Waals surface area contributed by atoms with Gasteiger partial charge in [0, 0.05) is 36.2 Å². The Morgan fingerprint density at radius 1 is 0.973 bits per heavy atom. The van der Waals surface area contributed by atoms with Gasteiger partial charge in [-0.3, -0.25) is 14.5 Å². The van der Waals surface area contributed by atoms with Crippen LogP contribution in [0.15, 0.2) is 73.4 Å². The summed E-state index contributed by atoms with van der Waals surface area (Å²) in [5.74, 6) is 1.11. The maximum Gasteiger partial charge on any atom is 0.247 e. The van der Waals surface area contributed by atoms with Crippen LogP contribution in [0, 0.1) is 5.92 Å². The number of hydrogen-bond acceptors (Lipinski definition) is 6. The van der Waals surface area contributed by atoms with E-state index in [1.54, 1.807) is 24.1 Å². The van der Waals surface area contributed by atoms with Gasteiger partial charge in [-0.1, -0.05) is 39.5 Å². The predicted molar refractivity (Wildman–Crippen MR) is 151 cm³/mol. The number of aromatic nitrogens is 2. The van der Waals surface area contributed by atoms with Crippen LogP contribution in [0.3, 0.4) is 0 Å². The molecular formula is C29H36N6O2. The molecule has 0 aliphatic rings. The highest BCUT2D eigenvalue weighted by atomic mass is 16.2. The Morgan fingerprint density at radius 2 is 1.57 bits per heavy atom. The fourth-order valence-electron chi connectivity index (χ4n) is 4.20. The van der Waals surface area contributed by atoms with Crippen LogP contribution in [0.2, 0.25) is 0 Å². The monoisotopic (exact) mass is 500 g/mol. The summed E-state index contributed by atoms with van der Waals surface area (Å²) >= 11 is 0. The number of hydrogen-bond donors (Lipinski definition) is 3. The predicted octanol–water partition coefficient (Wildman–Crippen LogP) is 6.31. The van der Waals surface area contributed by atoms with Crippen LogP contribution in [0.5, 0.6) is 0 Å². The van der Waals surface area contributed by atoms with Crippen molar-refractivity contribution in [3.8, 4) is 0 Å². The maximum absolute atomic E-state index is 12.5. The summed E-state index contributed by atoms with van der Waals surface area (Å²) in [4.78, 5) is 34.7. The maximum atomic E-state index is 12.5. The van der Waals surface area contributed by atoms with Gasteiger partial charge in [0.05, 0.1) is 6.04 Å². The molecule has 0 radical (unpaired) electrons. The second-order valence-electron chi connectivity index (χ2n) is 9.23. The highest BCUT2D eigenvalue weighted by Gasteiger charge is 2.25. The van der Waals surface area contributed by atoms with E-state index in [1.807, 2.05) is 55.5 Å². The second kappa shape index (κ2) is 12.7. The Balaban J connectivity index is 1.67. The first-order valence-electron chi connectivity index (χ1n) is 12.5. The molecule has 2 aromatic carbocycles. The number of anilines is 5. The molecule has 2 atom stereocenters. The molecule has 8 nitrogen and oxygen atoms in total. The van der Waals surface area contributed by atoms with Crippen molar-refractivity contribution in [3.63, 3.8) is 0 Å². The lowest BCUT2D eigenvalue weighted by molar-refractivity contribution is -0.117. The molecule has 2 amide bonds. The van der Waals surface area contributed by atoms with Crippen molar-refractivity contribution in [3.05, 3.63) is 79.0 Å². The fourth-order valence-corrected chi connectivity index (χ4v) is 4.20. The highest BCUT2D eigenvalue weighted by molar-refractivity contribution is 5.99. The van der Waals surface area contributed by atoms with Crippen molar-refractivity contribution in [1.82, 2.24) is 9.97 Å². The van der Waals surface area contributed by atoms with Gasteiger partial charge in [0.15, 0.2) is 0 Å². The van der Waals surface area contributed by atoms with Crippen molar-refractivity contribution in [2.75, 3.05) is 20.9 Å². The number of rotatable bonds is 11. The minimum atomic E-state index is -0.243. The summed E-state index contributed by atoms with van der Waals surface area (Å²) in [5.41, 5.74) is 3.62. The first kappa shape index (κ1) is 27.4. The number of carbonyl (C=O) groups excluding carboxylic acids is 2. The first-order valence-corrected chi connectivity index (χ1v) is 12.5. The summed E-state index contributed by atoms with van der Waals surface area (Å²) < 4.78 is 0. The van der Waals surface area contributed by atoms with Crippen molar-refractivity contribution in [2.45, 2.75) is 53.1 Å². The molecule has 0 fully saturated rings. The quantitative estimate of drug-likeness (QED) is 0.267. The minimum absolute atomic E-state index is 0.0301. The molecule has 0 aliphatic carbocycles. The van der Waals surface area contributed by atoms with E-state index >= 15 is 0 Å². The average Bonchev–Trinajstić information content (AvgIpc) is 2.88. The molecular weight excluding hydrogens is 464 g/mol. The molecule has 37 heavy (non-hydrogen) atoms. The molecule has 0 saturated heterocycles. The molecule has 3 aromatic rings.